The fourth-order valence-electron chi connectivity index (χ4n) is 2.34. The van der Waals surface area contributed by atoms with Gasteiger partial charge in [0, 0.05) is 43.8 Å². The molecule has 1 aliphatic heterocycles. The third-order valence-electron chi connectivity index (χ3n) is 3.42. The molecule has 0 aromatic carbocycles. The van der Waals surface area contributed by atoms with Gasteiger partial charge in [0.2, 0.25) is 0 Å². The van der Waals surface area contributed by atoms with Crippen LogP contribution in [0.3, 0.4) is 0 Å². The highest BCUT2D eigenvalue weighted by atomic mass is 35.5. The van der Waals surface area contributed by atoms with Crippen molar-refractivity contribution in [3.8, 4) is 0 Å². The van der Waals surface area contributed by atoms with Crippen LogP contribution in [-0.2, 0) is 11.3 Å². The van der Waals surface area contributed by atoms with E-state index in [0.29, 0.717) is 11.6 Å². The number of halogens is 1. The molecule has 1 fully saturated rings. The van der Waals surface area contributed by atoms with Crippen LogP contribution in [-0.4, -0.2) is 36.3 Å². The minimum absolute atomic E-state index is 0.620. The SMILES string of the molecule is Clc1cnccc1NCc1cccnc1N1CCOCC1. The first-order valence-electron chi connectivity index (χ1n) is 6.94. The lowest BCUT2D eigenvalue weighted by atomic mass is 10.2. The number of nitrogens with zero attached hydrogens (tertiary/aromatic N) is 3. The van der Waals surface area contributed by atoms with Crippen molar-refractivity contribution in [1.82, 2.24) is 9.97 Å². The minimum Gasteiger partial charge on any atom is -0.380 e. The van der Waals surface area contributed by atoms with E-state index in [1.165, 1.54) is 0 Å². The molecule has 0 radical (unpaired) electrons. The third-order valence-corrected chi connectivity index (χ3v) is 3.72. The second kappa shape index (κ2) is 6.74. The number of pyridine rings is 2. The topological polar surface area (TPSA) is 50.3 Å². The molecule has 5 nitrogen and oxygen atoms in total. The summed E-state index contributed by atoms with van der Waals surface area (Å²) in [6, 6.07) is 5.90. The van der Waals surface area contributed by atoms with Gasteiger partial charge in [-0.25, -0.2) is 4.98 Å². The number of nitrogens with one attached hydrogen (secondary N) is 1. The molecule has 1 aliphatic rings. The Hall–Kier alpha value is -1.85. The van der Waals surface area contributed by atoms with E-state index in [9.17, 15) is 0 Å². The van der Waals surface area contributed by atoms with Gasteiger partial charge >= 0.3 is 0 Å². The van der Waals surface area contributed by atoms with Crippen LogP contribution in [0.15, 0.2) is 36.8 Å². The Morgan fingerprint density at radius 1 is 1.24 bits per heavy atom. The van der Waals surface area contributed by atoms with Crippen LogP contribution >= 0.6 is 11.6 Å². The highest BCUT2D eigenvalue weighted by Gasteiger charge is 2.15. The summed E-state index contributed by atoms with van der Waals surface area (Å²) in [6.07, 6.45) is 5.18. The van der Waals surface area contributed by atoms with E-state index in [0.717, 1.165) is 43.4 Å². The van der Waals surface area contributed by atoms with E-state index in [4.69, 9.17) is 16.3 Å². The Balaban J connectivity index is 1.74. The van der Waals surface area contributed by atoms with E-state index >= 15 is 0 Å². The molecule has 0 spiro atoms. The van der Waals surface area contributed by atoms with Crippen molar-refractivity contribution in [3.63, 3.8) is 0 Å². The lowest BCUT2D eigenvalue weighted by molar-refractivity contribution is 0.122. The summed E-state index contributed by atoms with van der Waals surface area (Å²) in [7, 11) is 0. The van der Waals surface area contributed by atoms with Crippen LogP contribution in [0.25, 0.3) is 0 Å². The number of hydrogen-bond donors (Lipinski definition) is 1. The molecule has 0 bridgehead atoms. The number of rotatable bonds is 4. The smallest absolute Gasteiger partial charge is 0.133 e. The van der Waals surface area contributed by atoms with Crippen LogP contribution in [0.1, 0.15) is 5.56 Å². The van der Waals surface area contributed by atoms with Gasteiger partial charge < -0.3 is 15.0 Å². The zero-order valence-electron chi connectivity index (χ0n) is 11.6. The predicted molar refractivity (Wildman–Crippen MR) is 83.8 cm³/mol. The monoisotopic (exact) mass is 304 g/mol. The van der Waals surface area contributed by atoms with Gasteiger partial charge in [-0.3, -0.25) is 4.98 Å². The van der Waals surface area contributed by atoms with E-state index in [1.807, 2.05) is 18.3 Å². The lowest BCUT2D eigenvalue weighted by Gasteiger charge is -2.29. The second-order valence-electron chi connectivity index (χ2n) is 4.79. The Kier molecular flexibility index (Phi) is 4.52. The summed E-state index contributed by atoms with van der Waals surface area (Å²) < 4.78 is 5.40. The molecule has 3 rings (SSSR count). The zero-order chi connectivity index (χ0) is 14.5. The van der Waals surface area contributed by atoms with Crippen LogP contribution in [0.5, 0.6) is 0 Å². The Labute approximate surface area is 128 Å². The highest BCUT2D eigenvalue weighted by Crippen LogP contribution is 2.23. The van der Waals surface area contributed by atoms with Crippen molar-refractivity contribution < 1.29 is 4.74 Å². The van der Waals surface area contributed by atoms with Gasteiger partial charge in [0.15, 0.2) is 0 Å². The molecule has 0 atom stereocenters. The molecule has 2 aromatic rings. The number of ether oxygens (including phenoxy) is 1. The molecular formula is C15H17ClN4O. The number of anilines is 2. The van der Waals surface area contributed by atoms with Gasteiger partial charge in [-0.2, -0.15) is 0 Å². The maximum absolute atomic E-state index is 6.11. The summed E-state index contributed by atoms with van der Waals surface area (Å²) in [5.74, 6) is 1.01. The first-order chi connectivity index (χ1) is 10.3. The van der Waals surface area contributed by atoms with Gasteiger partial charge in [0.05, 0.1) is 23.9 Å². The van der Waals surface area contributed by atoms with E-state index in [-0.39, 0.29) is 0 Å². The highest BCUT2D eigenvalue weighted by molar-refractivity contribution is 6.33. The molecule has 0 saturated carbocycles. The number of aromatic nitrogens is 2. The second-order valence-corrected chi connectivity index (χ2v) is 5.20. The van der Waals surface area contributed by atoms with Crippen LogP contribution < -0.4 is 10.2 Å². The summed E-state index contributed by atoms with van der Waals surface area (Å²) in [5, 5.41) is 3.96. The van der Waals surface area contributed by atoms with Gasteiger partial charge in [0.1, 0.15) is 5.82 Å². The molecule has 0 unspecified atom stereocenters. The summed E-state index contributed by atoms with van der Waals surface area (Å²) in [4.78, 5) is 10.8. The van der Waals surface area contributed by atoms with Gasteiger partial charge in [-0.15, -0.1) is 0 Å². The number of hydrogen-bond acceptors (Lipinski definition) is 5. The van der Waals surface area contributed by atoms with Crippen molar-refractivity contribution in [3.05, 3.63) is 47.4 Å². The summed E-state index contributed by atoms with van der Waals surface area (Å²) in [6.45, 7) is 3.92. The summed E-state index contributed by atoms with van der Waals surface area (Å²) >= 11 is 6.11. The average molecular weight is 305 g/mol. The van der Waals surface area contributed by atoms with Crippen molar-refractivity contribution >= 4 is 23.1 Å². The minimum atomic E-state index is 0.620. The molecule has 6 heteroatoms. The van der Waals surface area contributed by atoms with Crippen molar-refractivity contribution in [2.75, 3.05) is 36.5 Å². The van der Waals surface area contributed by atoms with Gasteiger partial charge in [-0.1, -0.05) is 17.7 Å². The summed E-state index contributed by atoms with van der Waals surface area (Å²) in [5.41, 5.74) is 2.02. The molecule has 0 amide bonds. The van der Waals surface area contributed by atoms with Crippen molar-refractivity contribution in [2.45, 2.75) is 6.54 Å². The normalized spacial score (nSPS) is 15.0. The predicted octanol–water partition coefficient (Wildman–Crippen LogP) is 2.58. The van der Waals surface area contributed by atoms with Gasteiger partial charge in [-0.05, 0) is 12.1 Å². The number of morpholine rings is 1. The van der Waals surface area contributed by atoms with Gasteiger partial charge in [0.25, 0.3) is 0 Å². The maximum atomic E-state index is 6.11. The first-order valence-corrected chi connectivity index (χ1v) is 7.32. The largest absolute Gasteiger partial charge is 0.380 e. The molecule has 1 N–H and O–H groups in total. The molecule has 21 heavy (non-hydrogen) atoms. The molecule has 1 saturated heterocycles. The Bertz CT molecular complexity index is 602. The van der Waals surface area contributed by atoms with Crippen LogP contribution in [0, 0.1) is 0 Å². The molecule has 2 aromatic heterocycles. The zero-order valence-corrected chi connectivity index (χ0v) is 12.4. The first kappa shape index (κ1) is 14.1. The van der Waals surface area contributed by atoms with E-state index < -0.39 is 0 Å². The Morgan fingerprint density at radius 2 is 2.10 bits per heavy atom. The Morgan fingerprint density at radius 3 is 2.90 bits per heavy atom. The van der Waals surface area contributed by atoms with E-state index in [2.05, 4.69) is 26.3 Å². The van der Waals surface area contributed by atoms with Crippen LogP contribution in [0.2, 0.25) is 5.02 Å². The average Bonchev–Trinajstić information content (AvgIpc) is 2.55. The molecule has 3 heterocycles. The van der Waals surface area contributed by atoms with Crippen LogP contribution in [0.4, 0.5) is 11.5 Å². The standard InChI is InChI=1S/C15H17ClN4O/c16-13-11-17-5-3-14(13)19-10-12-2-1-4-18-15(12)20-6-8-21-9-7-20/h1-5,11H,6-10H2,(H,17,19). The molecule has 110 valence electrons. The fourth-order valence-corrected chi connectivity index (χ4v) is 2.52. The lowest BCUT2D eigenvalue weighted by Crippen LogP contribution is -2.37. The fraction of sp³-hybridized carbons (Fsp3) is 0.333. The molecule has 0 aliphatic carbocycles. The quantitative estimate of drug-likeness (QED) is 0.941. The van der Waals surface area contributed by atoms with E-state index in [1.54, 1.807) is 12.4 Å². The molecular weight excluding hydrogens is 288 g/mol. The maximum Gasteiger partial charge on any atom is 0.133 e. The van der Waals surface area contributed by atoms with Crippen molar-refractivity contribution in [1.29, 1.82) is 0 Å². The third kappa shape index (κ3) is 3.43. The van der Waals surface area contributed by atoms with Crippen molar-refractivity contribution in [2.24, 2.45) is 0 Å².